The minimum Gasteiger partial charge on any atom is -0.0587 e. The highest BCUT2D eigenvalue weighted by Crippen LogP contribution is 2.47. The van der Waals surface area contributed by atoms with Gasteiger partial charge in [-0.05, 0) is 69.7 Å². The van der Waals surface area contributed by atoms with Crippen LogP contribution < -0.4 is 0 Å². The van der Waals surface area contributed by atoms with E-state index in [1.54, 1.807) is 5.56 Å². The lowest BCUT2D eigenvalue weighted by Crippen LogP contribution is -2.33. The summed E-state index contributed by atoms with van der Waals surface area (Å²) in [6.45, 7) is 11.7. The molecule has 25 heavy (non-hydrogen) atoms. The van der Waals surface area contributed by atoms with Gasteiger partial charge in [-0.2, -0.15) is 0 Å². The van der Waals surface area contributed by atoms with E-state index < -0.39 is 0 Å². The van der Waals surface area contributed by atoms with Gasteiger partial charge in [-0.1, -0.05) is 81.8 Å². The second-order valence-electron chi connectivity index (χ2n) is 9.09. The molecule has 128 valence electrons. The summed E-state index contributed by atoms with van der Waals surface area (Å²) in [6.07, 6.45) is 2.52. The predicted molar refractivity (Wildman–Crippen MR) is 109 cm³/mol. The molecule has 0 atom stereocenters. The summed E-state index contributed by atoms with van der Waals surface area (Å²) >= 11 is 0. The zero-order chi connectivity index (χ0) is 17.8. The summed E-state index contributed by atoms with van der Waals surface area (Å²) < 4.78 is 0. The van der Waals surface area contributed by atoms with Crippen LogP contribution in [-0.2, 0) is 10.8 Å². The first kappa shape index (κ1) is 16.4. The first-order valence-corrected chi connectivity index (χ1v) is 9.42. The van der Waals surface area contributed by atoms with E-state index in [4.69, 9.17) is 0 Å². The van der Waals surface area contributed by atoms with Crippen LogP contribution in [0.4, 0.5) is 0 Å². The average Bonchev–Trinajstić information content (AvgIpc) is 2.58. The smallest absolute Gasteiger partial charge is 0.0100 e. The molecule has 0 fully saturated rings. The van der Waals surface area contributed by atoms with Crippen molar-refractivity contribution in [1.29, 1.82) is 0 Å². The van der Waals surface area contributed by atoms with Crippen LogP contribution in [0.15, 0.2) is 54.6 Å². The first-order valence-electron chi connectivity index (χ1n) is 9.42. The lowest BCUT2D eigenvalue weighted by molar-refractivity contribution is 0.332. The van der Waals surface area contributed by atoms with E-state index >= 15 is 0 Å². The second-order valence-corrected chi connectivity index (χ2v) is 9.09. The van der Waals surface area contributed by atoms with Crippen molar-refractivity contribution in [2.24, 2.45) is 0 Å². The Hall–Kier alpha value is -2.08. The number of hydrogen-bond acceptors (Lipinski definition) is 0. The Bertz CT molecular complexity index is 940. The van der Waals surface area contributed by atoms with Gasteiger partial charge in [0, 0.05) is 0 Å². The van der Waals surface area contributed by atoms with Crippen LogP contribution in [0.1, 0.15) is 57.2 Å². The van der Waals surface area contributed by atoms with E-state index in [0.717, 1.165) is 0 Å². The molecule has 0 nitrogen and oxygen atoms in total. The highest BCUT2D eigenvalue weighted by atomic mass is 14.4. The molecule has 0 unspecified atom stereocenters. The monoisotopic (exact) mass is 328 g/mol. The molecule has 0 heterocycles. The van der Waals surface area contributed by atoms with Gasteiger partial charge in [0.25, 0.3) is 0 Å². The van der Waals surface area contributed by atoms with Gasteiger partial charge in [0.1, 0.15) is 0 Å². The molecule has 0 radical (unpaired) electrons. The Balaban J connectivity index is 1.91. The van der Waals surface area contributed by atoms with Crippen molar-refractivity contribution in [3.8, 4) is 11.1 Å². The van der Waals surface area contributed by atoms with Crippen LogP contribution in [0, 0.1) is 6.92 Å². The molecule has 0 spiro atoms. The van der Waals surface area contributed by atoms with Gasteiger partial charge in [-0.25, -0.2) is 0 Å². The molecule has 1 aliphatic carbocycles. The van der Waals surface area contributed by atoms with Crippen molar-refractivity contribution in [2.45, 2.75) is 58.3 Å². The van der Waals surface area contributed by atoms with Crippen LogP contribution in [-0.4, -0.2) is 0 Å². The molecule has 4 rings (SSSR count). The molecule has 0 saturated heterocycles. The molecule has 0 amide bonds. The Labute approximate surface area is 151 Å². The SMILES string of the molecule is Cc1ccc(-c2ccc3cc4c(cc3c2)C(C)(C)CCC4(C)C)cc1. The largest absolute Gasteiger partial charge is 0.0587 e. The van der Waals surface area contributed by atoms with E-state index in [9.17, 15) is 0 Å². The Morgan fingerprint density at radius 2 is 1.12 bits per heavy atom. The Morgan fingerprint density at radius 3 is 1.72 bits per heavy atom. The molecular formula is C25H28. The molecule has 0 bridgehead atoms. The predicted octanol–water partition coefficient (Wildman–Crippen LogP) is 7.16. The molecule has 1 aliphatic rings. The fourth-order valence-electron chi connectivity index (χ4n) is 4.24. The van der Waals surface area contributed by atoms with Gasteiger partial charge < -0.3 is 0 Å². The van der Waals surface area contributed by atoms with Crippen molar-refractivity contribution in [3.05, 3.63) is 71.3 Å². The fraction of sp³-hybridized carbons (Fsp3) is 0.360. The number of aryl methyl sites for hydroxylation is 1. The highest BCUT2D eigenvalue weighted by Gasteiger charge is 2.37. The maximum atomic E-state index is 2.46. The first-order chi connectivity index (χ1) is 11.8. The summed E-state index contributed by atoms with van der Waals surface area (Å²) in [4.78, 5) is 0. The van der Waals surface area contributed by atoms with E-state index in [-0.39, 0.29) is 10.8 Å². The molecule has 3 aromatic rings. The van der Waals surface area contributed by atoms with Crippen molar-refractivity contribution >= 4 is 10.8 Å². The van der Waals surface area contributed by atoms with Crippen molar-refractivity contribution in [2.75, 3.05) is 0 Å². The van der Waals surface area contributed by atoms with Crippen LogP contribution >= 0.6 is 0 Å². The van der Waals surface area contributed by atoms with Crippen LogP contribution in [0.2, 0.25) is 0 Å². The van der Waals surface area contributed by atoms with Gasteiger partial charge in [0.2, 0.25) is 0 Å². The third-order valence-corrected chi connectivity index (χ3v) is 6.19. The Kier molecular flexibility index (Phi) is 3.58. The van der Waals surface area contributed by atoms with Gasteiger partial charge in [0.05, 0.1) is 0 Å². The maximum Gasteiger partial charge on any atom is -0.0100 e. The van der Waals surface area contributed by atoms with Crippen LogP contribution in [0.3, 0.4) is 0 Å². The Morgan fingerprint density at radius 1 is 0.600 bits per heavy atom. The van der Waals surface area contributed by atoms with E-state index in [2.05, 4.69) is 89.2 Å². The quantitative estimate of drug-likeness (QED) is 0.444. The summed E-state index contributed by atoms with van der Waals surface area (Å²) in [6, 6.07) is 20.7. The van der Waals surface area contributed by atoms with Crippen molar-refractivity contribution in [1.82, 2.24) is 0 Å². The fourth-order valence-corrected chi connectivity index (χ4v) is 4.24. The number of hydrogen-bond donors (Lipinski definition) is 0. The number of fused-ring (bicyclic) bond motifs is 2. The number of rotatable bonds is 1. The van der Waals surface area contributed by atoms with Gasteiger partial charge in [-0.3, -0.25) is 0 Å². The molecular weight excluding hydrogens is 300 g/mol. The molecule has 0 saturated carbocycles. The molecule has 0 aromatic heterocycles. The molecule has 3 aromatic carbocycles. The van der Waals surface area contributed by atoms with Gasteiger partial charge >= 0.3 is 0 Å². The molecule has 0 heteroatoms. The summed E-state index contributed by atoms with van der Waals surface area (Å²) in [7, 11) is 0. The van der Waals surface area contributed by atoms with Crippen molar-refractivity contribution < 1.29 is 0 Å². The zero-order valence-electron chi connectivity index (χ0n) is 16.1. The molecule has 0 aliphatic heterocycles. The summed E-state index contributed by atoms with van der Waals surface area (Å²) in [5, 5.41) is 2.72. The highest BCUT2D eigenvalue weighted by molar-refractivity contribution is 5.89. The minimum absolute atomic E-state index is 0.263. The third kappa shape index (κ3) is 2.78. The van der Waals surface area contributed by atoms with E-state index in [0.29, 0.717) is 0 Å². The van der Waals surface area contributed by atoms with E-state index in [1.165, 1.54) is 45.9 Å². The van der Waals surface area contributed by atoms with Crippen LogP contribution in [0.25, 0.3) is 21.9 Å². The average molecular weight is 328 g/mol. The topological polar surface area (TPSA) is 0 Å². The summed E-state index contributed by atoms with van der Waals surface area (Å²) in [5.41, 5.74) is 7.53. The minimum atomic E-state index is 0.263. The van der Waals surface area contributed by atoms with Gasteiger partial charge in [0.15, 0.2) is 0 Å². The lowest BCUT2D eigenvalue weighted by atomic mass is 9.63. The molecule has 0 N–H and O–H groups in total. The number of benzene rings is 3. The van der Waals surface area contributed by atoms with E-state index in [1.807, 2.05) is 0 Å². The standard InChI is InChI=1S/C25H28/c1-17-6-8-18(9-7-17)19-10-11-20-15-22-23(16-21(20)14-19)25(4,5)13-12-24(22,2)3/h6-11,14-16H,12-13H2,1-5H3. The lowest BCUT2D eigenvalue weighted by Gasteiger charge is -2.42. The third-order valence-electron chi connectivity index (χ3n) is 6.19. The maximum absolute atomic E-state index is 2.46. The van der Waals surface area contributed by atoms with Gasteiger partial charge in [-0.15, -0.1) is 0 Å². The van der Waals surface area contributed by atoms with Crippen molar-refractivity contribution in [3.63, 3.8) is 0 Å². The zero-order valence-corrected chi connectivity index (χ0v) is 16.1. The summed E-state index contributed by atoms with van der Waals surface area (Å²) in [5.74, 6) is 0. The second kappa shape index (κ2) is 5.46. The van der Waals surface area contributed by atoms with Crippen LogP contribution in [0.5, 0.6) is 0 Å². The normalized spacial score (nSPS) is 18.1.